The molecule has 0 aromatic heterocycles. The third-order valence-electron chi connectivity index (χ3n) is 3.34. The topological polar surface area (TPSA) is 0 Å². The van der Waals surface area contributed by atoms with Crippen molar-refractivity contribution in [1.82, 2.24) is 0 Å². The van der Waals surface area contributed by atoms with Gasteiger partial charge in [-0.1, -0.05) is 71.8 Å². The summed E-state index contributed by atoms with van der Waals surface area (Å²) in [4.78, 5) is 0. The predicted octanol–water partition coefficient (Wildman–Crippen LogP) is 5.38. The Morgan fingerprint density at radius 3 is 2.05 bits per heavy atom. The van der Waals surface area contributed by atoms with E-state index in [1.165, 1.54) is 16.7 Å². The number of allylic oxidation sites excluding steroid dienone is 5. The van der Waals surface area contributed by atoms with E-state index in [1.54, 1.807) is 0 Å². The summed E-state index contributed by atoms with van der Waals surface area (Å²) >= 11 is 5.99. The largest absolute Gasteiger partial charge is 0.0843 e. The van der Waals surface area contributed by atoms with Gasteiger partial charge in [0.25, 0.3) is 0 Å². The minimum Gasteiger partial charge on any atom is -0.0843 e. The highest BCUT2D eigenvalue weighted by atomic mass is 35.5. The predicted molar refractivity (Wildman–Crippen MR) is 85.6 cm³/mol. The fraction of sp³-hybridized carbons (Fsp3) is 0.0526. The second-order valence-electron chi connectivity index (χ2n) is 4.83. The standard InChI is InChI=1S/C19H14Cl/c1-14-6-8-16(9-7-14)19(15-4-2-3-5-15)17-10-12-18(20)13-11-17/h2-4,6-13H,1H3. The zero-order valence-electron chi connectivity index (χ0n) is 11.2. The molecule has 0 fully saturated rings. The highest BCUT2D eigenvalue weighted by Crippen LogP contribution is 2.30. The molecule has 0 heterocycles. The van der Waals surface area contributed by atoms with Gasteiger partial charge >= 0.3 is 0 Å². The molecule has 0 bridgehead atoms. The van der Waals surface area contributed by atoms with E-state index in [4.69, 9.17) is 11.6 Å². The summed E-state index contributed by atoms with van der Waals surface area (Å²) in [6, 6.07) is 16.5. The van der Waals surface area contributed by atoms with Gasteiger partial charge in [0, 0.05) is 5.02 Å². The molecule has 0 nitrogen and oxygen atoms in total. The van der Waals surface area contributed by atoms with Crippen molar-refractivity contribution >= 4 is 17.2 Å². The van der Waals surface area contributed by atoms with Crippen LogP contribution in [0.1, 0.15) is 16.7 Å². The molecular weight excluding hydrogens is 264 g/mol. The van der Waals surface area contributed by atoms with Crippen molar-refractivity contribution in [3.8, 4) is 0 Å². The van der Waals surface area contributed by atoms with Crippen LogP contribution in [0.25, 0.3) is 5.57 Å². The lowest BCUT2D eigenvalue weighted by Gasteiger charge is -2.11. The summed E-state index contributed by atoms with van der Waals surface area (Å²) in [5.41, 5.74) is 5.90. The van der Waals surface area contributed by atoms with Gasteiger partial charge in [0.1, 0.15) is 0 Å². The normalized spacial score (nSPS) is 15.7. The Hall–Kier alpha value is -2.05. The summed E-state index contributed by atoms with van der Waals surface area (Å²) in [6.07, 6.45) is 9.34. The lowest BCUT2D eigenvalue weighted by molar-refractivity contribution is 1.44. The molecular formula is C19H14Cl. The van der Waals surface area contributed by atoms with Crippen LogP contribution in [0.4, 0.5) is 0 Å². The molecule has 0 unspecified atom stereocenters. The number of benzene rings is 2. The molecule has 20 heavy (non-hydrogen) atoms. The molecule has 97 valence electrons. The molecule has 1 aliphatic carbocycles. The van der Waals surface area contributed by atoms with E-state index < -0.39 is 0 Å². The van der Waals surface area contributed by atoms with Gasteiger partial charge in [-0.3, -0.25) is 0 Å². The van der Waals surface area contributed by atoms with Gasteiger partial charge in [-0.2, -0.15) is 0 Å². The fourth-order valence-corrected chi connectivity index (χ4v) is 2.43. The molecule has 0 amide bonds. The third-order valence-corrected chi connectivity index (χ3v) is 3.59. The summed E-state index contributed by atoms with van der Waals surface area (Å²) in [7, 11) is 0. The van der Waals surface area contributed by atoms with E-state index in [2.05, 4.69) is 55.5 Å². The van der Waals surface area contributed by atoms with Crippen molar-refractivity contribution in [1.29, 1.82) is 0 Å². The summed E-state index contributed by atoms with van der Waals surface area (Å²) in [5, 5.41) is 0.753. The Morgan fingerprint density at radius 1 is 0.900 bits per heavy atom. The van der Waals surface area contributed by atoms with E-state index in [9.17, 15) is 0 Å². The van der Waals surface area contributed by atoms with Crippen LogP contribution in [0.2, 0.25) is 5.02 Å². The van der Waals surface area contributed by atoms with Crippen LogP contribution in [0.3, 0.4) is 0 Å². The maximum absolute atomic E-state index is 5.99. The van der Waals surface area contributed by atoms with E-state index in [-0.39, 0.29) is 0 Å². The van der Waals surface area contributed by atoms with Crippen molar-refractivity contribution in [2.24, 2.45) is 0 Å². The Balaban J connectivity index is 2.17. The second-order valence-corrected chi connectivity index (χ2v) is 5.27. The maximum atomic E-state index is 5.99. The van der Waals surface area contributed by atoms with Crippen LogP contribution < -0.4 is 0 Å². The maximum Gasteiger partial charge on any atom is 0.0406 e. The minimum atomic E-state index is 0.753. The van der Waals surface area contributed by atoms with Gasteiger partial charge < -0.3 is 0 Å². The van der Waals surface area contributed by atoms with Crippen molar-refractivity contribution in [3.05, 3.63) is 100 Å². The number of aryl methyl sites for hydroxylation is 1. The Morgan fingerprint density at radius 2 is 1.50 bits per heavy atom. The van der Waals surface area contributed by atoms with Gasteiger partial charge in [0.15, 0.2) is 0 Å². The van der Waals surface area contributed by atoms with Gasteiger partial charge in [-0.15, -0.1) is 0 Å². The van der Waals surface area contributed by atoms with Crippen LogP contribution in [0.15, 0.2) is 72.3 Å². The molecule has 1 heteroatoms. The highest BCUT2D eigenvalue weighted by molar-refractivity contribution is 6.30. The molecule has 2 aromatic rings. The van der Waals surface area contributed by atoms with Crippen LogP contribution in [-0.2, 0) is 0 Å². The van der Waals surface area contributed by atoms with E-state index >= 15 is 0 Å². The highest BCUT2D eigenvalue weighted by Gasteiger charge is 2.10. The molecule has 0 N–H and O–H groups in total. The summed E-state index contributed by atoms with van der Waals surface area (Å²) in [5.74, 6) is 0. The van der Waals surface area contributed by atoms with Crippen LogP contribution in [0.5, 0.6) is 0 Å². The fourth-order valence-electron chi connectivity index (χ4n) is 2.30. The molecule has 3 rings (SSSR count). The molecule has 1 aliphatic rings. The van der Waals surface area contributed by atoms with Gasteiger partial charge in [-0.05, 0) is 47.4 Å². The zero-order chi connectivity index (χ0) is 13.9. The molecule has 0 saturated carbocycles. The van der Waals surface area contributed by atoms with Gasteiger partial charge in [0.05, 0.1) is 0 Å². The van der Waals surface area contributed by atoms with E-state index in [0.717, 1.165) is 16.2 Å². The quantitative estimate of drug-likeness (QED) is 0.691. The summed E-state index contributed by atoms with van der Waals surface area (Å²) < 4.78 is 0. The number of halogens is 1. The van der Waals surface area contributed by atoms with Crippen molar-refractivity contribution in [2.45, 2.75) is 6.92 Å². The second kappa shape index (κ2) is 5.52. The first-order valence-electron chi connectivity index (χ1n) is 6.58. The minimum absolute atomic E-state index is 0.753. The van der Waals surface area contributed by atoms with Crippen LogP contribution in [0, 0.1) is 13.0 Å². The molecule has 1 radical (unpaired) electrons. The van der Waals surface area contributed by atoms with Gasteiger partial charge in [0.2, 0.25) is 0 Å². The monoisotopic (exact) mass is 277 g/mol. The summed E-state index contributed by atoms with van der Waals surface area (Å²) in [6.45, 7) is 2.10. The van der Waals surface area contributed by atoms with Crippen molar-refractivity contribution in [3.63, 3.8) is 0 Å². The van der Waals surface area contributed by atoms with Gasteiger partial charge in [-0.25, -0.2) is 0 Å². The Kier molecular flexibility index (Phi) is 3.58. The molecule has 0 saturated heterocycles. The van der Waals surface area contributed by atoms with Crippen LogP contribution >= 0.6 is 11.6 Å². The number of rotatable bonds is 2. The molecule has 0 spiro atoms. The lowest BCUT2D eigenvalue weighted by Crippen LogP contribution is -1.91. The molecule has 0 aliphatic heterocycles. The smallest absolute Gasteiger partial charge is 0.0406 e. The number of hydrogen-bond acceptors (Lipinski definition) is 0. The van der Waals surface area contributed by atoms with Crippen molar-refractivity contribution in [2.75, 3.05) is 0 Å². The average molecular weight is 278 g/mol. The van der Waals surface area contributed by atoms with Crippen LogP contribution in [-0.4, -0.2) is 0 Å². The number of hydrogen-bond donors (Lipinski definition) is 0. The average Bonchev–Trinajstić information content (AvgIpc) is 2.97. The molecule has 2 aromatic carbocycles. The third kappa shape index (κ3) is 2.61. The Bertz CT molecular complexity index is 637. The first-order chi connectivity index (χ1) is 9.74. The van der Waals surface area contributed by atoms with E-state index in [0.29, 0.717) is 0 Å². The van der Waals surface area contributed by atoms with Crippen molar-refractivity contribution < 1.29 is 0 Å². The zero-order valence-corrected chi connectivity index (χ0v) is 12.0. The molecule has 0 atom stereocenters. The Labute approximate surface area is 124 Å². The first-order valence-corrected chi connectivity index (χ1v) is 6.95. The lowest BCUT2D eigenvalue weighted by atomic mass is 9.93. The SMILES string of the molecule is Cc1ccc(C(=C2[C]=CC=C2)c2ccc(Cl)cc2)cc1. The first kappa shape index (κ1) is 13.0. The van der Waals surface area contributed by atoms with E-state index in [1.807, 2.05) is 24.3 Å².